The maximum atomic E-state index is 4.76. The Morgan fingerprint density at radius 1 is 0.750 bits per heavy atom. The Balaban J connectivity index is 2.01. The Morgan fingerprint density at radius 2 is 1.65 bits per heavy atom. The zero-order valence-corrected chi connectivity index (χ0v) is 10.9. The molecular weight excluding hydrogens is 242 g/mol. The summed E-state index contributed by atoms with van der Waals surface area (Å²) in [5.74, 6) is 0. The molecule has 0 fully saturated rings. The third-order valence-corrected chi connectivity index (χ3v) is 3.60. The third kappa shape index (κ3) is 1.76. The highest BCUT2D eigenvalue weighted by Gasteiger charge is 2.05. The highest BCUT2D eigenvalue weighted by molar-refractivity contribution is 5.96. The molecule has 1 aromatic heterocycles. The highest BCUT2D eigenvalue weighted by Crippen LogP contribution is 2.28. The first kappa shape index (κ1) is 11.2. The maximum absolute atomic E-state index is 4.76. The van der Waals surface area contributed by atoms with Gasteiger partial charge in [0.05, 0.1) is 11.2 Å². The van der Waals surface area contributed by atoms with Crippen LogP contribution < -0.4 is 0 Å². The number of benzene rings is 3. The molecule has 0 spiro atoms. The molecule has 20 heavy (non-hydrogen) atoms. The third-order valence-electron chi connectivity index (χ3n) is 3.60. The van der Waals surface area contributed by atoms with Crippen molar-refractivity contribution in [3.05, 3.63) is 78.9 Å². The molecule has 0 saturated heterocycles. The van der Waals surface area contributed by atoms with Crippen LogP contribution in [0.25, 0.3) is 32.9 Å². The summed E-state index contributed by atoms with van der Waals surface area (Å²) in [4.78, 5) is 4.76. The van der Waals surface area contributed by atoms with E-state index in [0.29, 0.717) is 0 Å². The number of nitrogens with zero attached hydrogens (tertiary/aromatic N) is 1. The van der Waals surface area contributed by atoms with Gasteiger partial charge in [-0.05, 0) is 29.0 Å². The minimum absolute atomic E-state index is 0.984. The van der Waals surface area contributed by atoms with Crippen LogP contribution in [0.15, 0.2) is 72.8 Å². The Hall–Kier alpha value is -2.67. The van der Waals surface area contributed by atoms with E-state index < -0.39 is 0 Å². The quantitative estimate of drug-likeness (QED) is 0.473. The molecule has 0 aliphatic rings. The van der Waals surface area contributed by atoms with Gasteiger partial charge in [0.15, 0.2) is 0 Å². The predicted molar refractivity (Wildman–Crippen MR) is 83.5 cm³/mol. The number of rotatable bonds is 1. The molecule has 3 aromatic carbocycles. The summed E-state index contributed by atoms with van der Waals surface area (Å²) in [6, 6.07) is 27.9. The molecule has 0 atom stereocenters. The van der Waals surface area contributed by atoms with Crippen LogP contribution in [0.5, 0.6) is 0 Å². The lowest BCUT2D eigenvalue weighted by Crippen LogP contribution is -1.86. The number of aromatic nitrogens is 1. The molecule has 93 valence electrons. The van der Waals surface area contributed by atoms with Crippen LogP contribution in [0.4, 0.5) is 0 Å². The zero-order chi connectivity index (χ0) is 13.4. The largest absolute Gasteiger partial charge is 0.248 e. The van der Waals surface area contributed by atoms with Crippen LogP contribution in [0.2, 0.25) is 0 Å². The summed E-state index contributed by atoms with van der Waals surface area (Å²) >= 11 is 0. The molecule has 1 heteroatoms. The van der Waals surface area contributed by atoms with E-state index in [2.05, 4.69) is 60.7 Å². The standard InChI is InChI=1S/C19H12N/c1-3-9-16-14(6-1)8-5-10-17(16)19-13-12-15-7-2-4-11-18(15)20-19/h1-3,5-13H. The van der Waals surface area contributed by atoms with Crippen LogP contribution in [0.3, 0.4) is 0 Å². The molecule has 1 nitrogen and oxygen atoms in total. The van der Waals surface area contributed by atoms with E-state index in [-0.39, 0.29) is 0 Å². The lowest BCUT2D eigenvalue weighted by molar-refractivity contribution is 1.41. The normalized spacial score (nSPS) is 11.0. The molecule has 4 rings (SSSR count). The molecule has 0 bridgehead atoms. The van der Waals surface area contributed by atoms with Gasteiger partial charge in [-0.2, -0.15) is 0 Å². The Labute approximate surface area is 117 Å². The topological polar surface area (TPSA) is 12.9 Å². The van der Waals surface area contributed by atoms with Gasteiger partial charge in [-0.25, -0.2) is 4.98 Å². The number of fused-ring (bicyclic) bond motifs is 2. The van der Waals surface area contributed by atoms with Gasteiger partial charge in [-0.15, -0.1) is 0 Å². The predicted octanol–water partition coefficient (Wildman–Crippen LogP) is 4.86. The summed E-state index contributed by atoms with van der Waals surface area (Å²) < 4.78 is 0. The van der Waals surface area contributed by atoms with E-state index in [9.17, 15) is 0 Å². The van der Waals surface area contributed by atoms with E-state index in [1.165, 1.54) is 16.3 Å². The fraction of sp³-hybridized carbons (Fsp3) is 0. The van der Waals surface area contributed by atoms with Crippen molar-refractivity contribution in [2.75, 3.05) is 0 Å². The Kier molecular flexibility index (Phi) is 2.49. The average molecular weight is 254 g/mol. The summed E-state index contributed by atoms with van der Waals surface area (Å²) in [5.41, 5.74) is 3.17. The van der Waals surface area contributed by atoms with Gasteiger partial charge in [-0.3, -0.25) is 0 Å². The summed E-state index contributed by atoms with van der Waals surface area (Å²) in [5, 5.41) is 3.63. The van der Waals surface area contributed by atoms with Crippen molar-refractivity contribution in [1.82, 2.24) is 4.98 Å². The molecular formula is C19H12N. The van der Waals surface area contributed by atoms with Gasteiger partial charge in [0, 0.05) is 10.9 Å². The minimum atomic E-state index is 0.984. The highest BCUT2D eigenvalue weighted by atomic mass is 14.7. The molecule has 4 aromatic rings. The van der Waals surface area contributed by atoms with Crippen LogP contribution in [0, 0.1) is 6.07 Å². The molecule has 1 heterocycles. The van der Waals surface area contributed by atoms with E-state index >= 15 is 0 Å². The first-order chi connectivity index (χ1) is 9.92. The van der Waals surface area contributed by atoms with Crippen molar-refractivity contribution in [3.8, 4) is 11.3 Å². The molecule has 0 N–H and O–H groups in total. The molecule has 0 unspecified atom stereocenters. The van der Waals surface area contributed by atoms with Gasteiger partial charge in [0.2, 0.25) is 0 Å². The second kappa shape index (κ2) is 4.46. The van der Waals surface area contributed by atoms with Gasteiger partial charge in [-0.1, -0.05) is 60.7 Å². The van der Waals surface area contributed by atoms with Gasteiger partial charge >= 0.3 is 0 Å². The maximum Gasteiger partial charge on any atom is 0.0715 e. The number of pyridine rings is 1. The van der Waals surface area contributed by atoms with Crippen LogP contribution in [0.1, 0.15) is 0 Å². The van der Waals surface area contributed by atoms with Gasteiger partial charge in [0.1, 0.15) is 0 Å². The van der Waals surface area contributed by atoms with Crippen LogP contribution in [-0.4, -0.2) is 4.98 Å². The van der Waals surface area contributed by atoms with E-state index in [4.69, 9.17) is 4.98 Å². The van der Waals surface area contributed by atoms with E-state index in [0.717, 1.165) is 16.6 Å². The van der Waals surface area contributed by atoms with E-state index in [1.807, 2.05) is 18.2 Å². The molecule has 0 aliphatic heterocycles. The molecule has 0 aliphatic carbocycles. The fourth-order valence-electron chi connectivity index (χ4n) is 2.61. The smallest absolute Gasteiger partial charge is 0.0715 e. The van der Waals surface area contributed by atoms with Crippen molar-refractivity contribution >= 4 is 21.7 Å². The van der Waals surface area contributed by atoms with Crippen molar-refractivity contribution in [2.45, 2.75) is 0 Å². The lowest BCUT2D eigenvalue weighted by atomic mass is 10.0. The molecule has 1 radical (unpaired) electrons. The fourth-order valence-corrected chi connectivity index (χ4v) is 2.61. The monoisotopic (exact) mass is 254 g/mol. The summed E-state index contributed by atoms with van der Waals surface area (Å²) in [6.45, 7) is 0. The van der Waals surface area contributed by atoms with Crippen LogP contribution in [-0.2, 0) is 0 Å². The molecule has 0 amide bonds. The first-order valence-corrected chi connectivity index (χ1v) is 6.67. The van der Waals surface area contributed by atoms with Crippen molar-refractivity contribution in [2.24, 2.45) is 0 Å². The zero-order valence-electron chi connectivity index (χ0n) is 10.9. The second-order valence-electron chi connectivity index (χ2n) is 4.84. The van der Waals surface area contributed by atoms with Crippen LogP contribution >= 0.6 is 0 Å². The Morgan fingerprint density at radius 3 is 2.65 bits per heavy atom. The van der Waals surface area contributed by atoms with E-state index in [1.54, 1.807) is 0 Å². The summed E-state index contributed by atoms with van der Waals surface area (Å²) in [6.07, 6.45) is 0. The lowest BCUT2D eigenvalue weighted by Gasteiger charge is -2.07. The van der Waals surface area contributed by atoms with Crippen molar-refractivity contribution in [1.29, 1.82) is 0 Å². The number of hydrogen-bond acceptors (Lipinski definition) is 1. The second-order valence-corrected chi connectivity index (χ2v) is 4.84. The first-order valence-electron chi connectivity index (χ1n) is 6.67. The SMILES string of the molecule is [c]1ccc2ccc(-c3cccc4ccccc34)nc2c1. The van der Waals surface area contributed by atoms with Gasteiger partial charge in [0.25, 0.3) is 0 Å². The number of hydrogen-bond donors (Lipinski definition) is 0. The minimum Gasteiger partial charge on any atom is -0.248 e. The molecule has 0 saturated carbocycles. The Bertz CT molecular complexity index is 904. The van der Waals surface area contributed by atoms with Gasteiger partial charge < -0.3 is 0 Å². The average Bonchev–Trinajstić information content (AvgIpc) is 2.54. The van der Waals surface area contributed by atoms with Crippen molar-refractivity contribution < 1.29 is 0 Å². The summed E-state index contributed by atoms with van der Waals surface area (Å²) in [7, 11) is 0. The van der Waals surface area contributed by atoms with Crippen molar-refractivity contribution in [3.63, 3.8) is 0 Å².